The van der Waals surface area contributed by atoms with Gasteiger partial charge in [-0.15, -0.1) is 0 Å². The van der Waals surface area contributed by atoms with Crippen LogP contribution in [0.3, 0.4) is 0 Å². The number of pyridine rings is 1. The van der Waals surface area contributed by atoms with Crippen LogP contribution in [0.25, 0.3) is 0 Å². The van der Waals surface area contributed by atoms with Crippen molar-refractivity contribution in [1.29, 1.82) is 0 Å². The lowest BCUT2D eigenvalue weighted by atomic mass is 10.2. The van der Waals surface area contributed by atoms with Crippen LogP contribution in [0.5, 0.6) is 0 Å². The van der Waals surface area contributed by atoms with Gasteiger partial charge in [0, 0.05) is 38.1 Å². The van der Waals surface area contributed by atoms with E-state index in [1.807, 2.05) is 26.2 Å². The zero-order valence-corrected chi connectivity index (χ0v) is 12.3. The highest BCUT2D eigenvalue weighted by Crippen LogP contribution is 2.22. The van der Waals surface area contributed by atoms with Gasteiger partial charge >= 0.3 is 0 Å². The van der Waals surface area contributed by atoms with Gasteiger partial charge in [0.05, 0.1) is 0 Å². The molecule has 106 valence electrons. The van der Waals surface area contributed by atoms with Gasteiger partial charge in [-0.25, -0.2) is 9.97 Å². The molecule has 0 spiro atoms. The second-order valence-electron chi connectivity index (χ2n) is 4.81. The van der Waals surface area contributed by atoms with Gasteiger partial charge in [0.1, 0.15) is 18.0 Å². The summed E-state index contributed by atoms with van der Waals surface area (Å²) >= 11 is 0. The lowest BCUT2D eigenvalue weighted by Crippen LogP contribution is -2.20. The third-order valence-electron chi connectivity index (χ3n) is 3.10. The Labute approximate surface area is 120 Å². The molecule has 2 aromatic rings. The number of aromatic nitrogens is 3. The van der Waals surface area contributed by atoms with Gasteiger partial charge in [-0.05, 0) is 25.0 Å². The van der Waals surface area contributed by atoms with Crippen molar-refractivity contribution >= 4 is 11.6 Å². The smallest absolute Gasteiger partial charge is 0.137 e. The highest BCUT2D eigenvalue weighted by Gasteiger charge is 2.11. The molecule has 5 nitrogen and oxygen atoms in total. The summed E-state index contributed by atoms with van der Waals surface area (Å²) in [6.45, 7) is 5.88. The van der Waals surface area contributed by atoms with E-state index in [-0.39, 0.29) is 0 Å². The van der Waals surface area contributed by atoms with Gasteiger partial charge in [-0.2, -0.15) is 0 Å². The van der Waals surface area contributed by atoms with Crippen LogP contribution >= 0.6 is 0 Å². The molecule has 0 aliphatic carbocycles. The van der Waals surface area contributed by atoms with Crippen LogP contribution in [-0.2, 0) is 6.54 Å². The van der Waals surface area contributed by atoms with Crippen molar-refractivity contribution in [3.8, 4) is 0 Å². The van der Waals surface area contributed by atoms with E-state index in [0.29, 0.717) is 0 Å². The molecule has 0 aromatic carbocycles. The summed E-state index contributed by atoms with van der Waals surface area (Å²) < 4.78 is 0. The minimum atomic E-state index is 0.777. The molecule has 0 unspecified atom stereocenters. The first-order valence-corrected chi connectivity index (χ1v) is 6.88. The summed E-state index contributed by atoms with van der Waals surface area (Å²) in [5.41, 5.74) is 2.24. The van der Waals surface area contributed by atoms with Gasteiger partial charge in [0.2, 0.25) is 0 Å². The normalized spacial score (nSPS) is 10.3. The Bertz CT molecular complexity index is 541. The highest BCUT2D eigenvalue weighted by molar-refractivity contribution is 5.57. The van der Waals surface area contributed by atoms with Crippen molar-refractivity contribution in [1.82, 2.24) is 15.0 Å². The molecule has 2 heterocycles. The summed E-state index contributed by atoms with van der Waals surface area (Å²) in [6, 6.07) is 4.01. The minimum absolute atomic E-state index is 0.777. The van der Waals surface area contributed by atoms with Crippen LogP contribution < -0.4 is 10.2 Å². The third-order valence-corrected chi connectivity index (χ3v) is 3.10. The summed E-state index contributed by atoms with van der Waals surface area (Å²) in [6.07, 6.45) is 6.35. The average molecular weight is 271 g/mol. The maximum absolute atomic E-state index is 4.40. The van der Waals surface area contributed by atoms with Gasteiger partial charge in [0.25, 0.3) is 0 Å². The summed E-state index contributed by atoms with van der Waals surface area (Å²) in [5.74, 6) is 1.86. The summed E-state index contributed by atoms with van der Waals surface area (Å²) in [5, 5.41) is 3.33. The fraction of sp³-hybridized carbons (Fsp3) is 0.400. The Morgan fingerprint density at radius 3 is 2.85 bits per heavy atom. The second kappa shape index (κ2) is 6.84. The van der Waals surface area contributed by atoms with E-state index >= 15 is 0 Å². The predicted molar refractivity (Wildman–Crippen MR) is 81.9 cm³/mol. The molecular weight excluding hydrogens is 250 g/mol. The number of rotatable bonds is 6. The van der Waals surface area contributed by atoms with Crippen LogP contribution in [0.2, 0.25) is 0 Å². The third kappa shape index (κ3) is 3.44. The van der Waals surface area contributed by atoms with E-state index in [0.717, 1.165) is 42.3 Å². The van der Waals surface area contributed by atoms with Gasteiger partial charge in [0.15, 0.2) is 0 Å². The Balaban J connectivity index is 2.15. The highest BCUT2D eigenvalue weighted by atomic mass is 15.2. The molecule has 0 amide bonds. The number of nitrogens with zero attached hydrogens (tertiary/aromatic N) is 4. The molecule has 0 aliphatic rings. The molecule has 2 rings (SSSR count). The molecule has 0 saturated heterocycles. The summed E-state index contributed by atoms with van der Waals surface area (Å²) in [4.78, 5) is 15.0. The van der Waals surface area contributed by atoms with Crippen molar-refractivity contribution in [3.05, 3.63) is 42.0 Å². The Morgan fingerprint density at radius 1 is 1.30 bits per heavy atom. The molecule has 20 heavy (non-hydrogen) atoms. The molecule has 1 N–H and O–H groups in total. The first-order valence-electron chi connectivity index (χ1n) is 6.88. The van der Waals surface area contributed by atoms with E-state index in [2.05, 4.69) is 38.2 Å². The number of hydrogen-bond acceptors (Lipinski definition) is 5. The van der Waals surface area contributed by atoms with E-state index in [9.17, 15) is 0 Å². The molecule has 0 fully saturated rings. The van der Waals surface area contributed by atoms with Gasteiger partial charge in [-0.3, -0.25) is 4.98 Å². The van der Waals surface area contributed by atoms with E-state index < -0.39 is 0 Å². The predicted octanol–water partition coefficient (Wildman–Crippen LogP) is 2.64. The van der Waals surface area contributed by atoms with E-state index in [4.69, 9.17) is 0 Å². The zero-order valence-electron chi connectivity index (χ0n) is 12.3. The van der Waals surface area contributed by atoms with Crippen LogP contribution in [0.4, 0.5) is 11.6 Å². The Morgan fingerprint density at radius 2 is 2.15 bits per heavy atom. The van der Waals surface area contributed by atoms with Crippen LogP contribution in [0, 0.1) is 6.92 Å². The topological polar surface area (TPSA) is 53.9 Å². The molecule has 5 heteroatoms. The first-order chi connectivity index (χ1) is 9.72. The molecule has 0 saturated carbocycles. The fourth-order valence-electron chi connectivity index (χ4n) is 2.09. The van der Waals surface area contributed by atoms with Crippen molar-refractivity contribution < 1.29 is 0 Å². The second-order valence-corrected chi connectivity index (χ2v) is 4.81. The molecule has 0 atom stereocenters. The Kier molecular flexibility index (Phi) is 4.87. The van der Waals surface area contributed by atoms with Crippen molar-refractivity contribution in [2.75, 3.05) is 23.8 Å². The number of hydrogen-bond donors (Lipinski definition) is 1. The standard InChI is InChI=1S/C15H21N5/c1-4-7-17-14-12(2)15(19-11-18-14)20(3)10-13-6-5-8-16-9-13/h5-6,8-9,11H,4,7,10H2,1-3H3,(H,17,18,19). The monoisotopic (exact) mass is 271 g/mol. The zero-order chi connectivity index (χ0) is 14.4. The first kappa shape index (κ1) is 14.2. The lowest BCUT2D eigenvalue weighted by molar-refractivity contribution is 0.874. The number of nitrogens with one attached hydrogen (secondary N) is 1. The molecular formula is C15H21N5. The van der Waals surface area contributed by atoms with Crippen molar-refractivity contribution in [2.45, 2.75) is 26.8 Å². The van der Waals surface area contributed by atoms with Crippen LogP contribution in [0.15, 0.2) is 30.9 Å². The van der Waals surface area contributed by atoms with Gasteiger partial charge < -0.3 is 10.2 Å². The lowest BCUT2D eigenvalue weighted by Gasteiger charge is -2.21. The van der Waals surface area contributed by atoms with E-state index in [1.54, 1.807) is 12.5 Å². The number of anilines is 2. The van der Waals surface area contributed by atoms with Crippen LogP contribution in [0.1, 0.15) is 24.5 Å². The molecule has 0 bridgehead atoms. The van der Waals surface area contributed by atoms with E-state index in [1.165, 1.54) is 0 Å². The van der Waals surface area contributed by atoms with Gasteiger partial charge in [-0.1, -0.05) is 13.0 Å². The summed E-state index contributed by atoms with van der Waals surface area (Å²) in [7, 11) is 2.03. The Hall–Kier alpha value is -2.17. The largest absolute Gasteiger partial charge is 0.370 e. The fourth-order valence-corrected chi connectivity index (χ4v) is 2.09. The molecule has 0 radical (unpaired) electrons. The minimum Gasteiger partial charge on any atom is -0.370 e. The maximum Gasteiger partial charge on any atom is 0.137 e. The average Bonchev–Trinajstić information content (AvgIpc) is 2.47. The SMILES string of the molecule is CCCNc1ncnc(N(C)Cc2cccnc2)c1C. The van der Waals surface area contributed by atoms with Crippen molar-refractivity contribution in [2.24, 2.45) is 0 Å². The van der Waals surface area contributed by atoms with Crippen LogP contribution in [-0.4, -0.2) is 28.5 Å². The molecule has 2 aromatic heterocycles. The van der Waals surface area contributed by atoms with Crippen molar-refractivity contribution in [3.63, 3.8) is 0 Å². The quantitative estimate of drug-likeness (QED) is 0.875. The maximum atomic E-state index is 4.40. The molecule has 0 aliphatic heterocycles.